The summed E-state index contributed by atoms with van der Waals surface area (Å²) in [5.41, 5.74) is -0.570. The topological polar surface area (TPSA) is 113 Å². The van der Waals surface area contributed by atoms with Gasteiger partial charge in [-0.25, -0.2) is 17.9 Å². The molecule has 8 nitrogen and oxygen atoms in total. The number of aromatic carboxylic acids is 1. The summed E-state index contributed by atoms with van der Waals surface area (Å²) in [5, 5.41) is 9.10. The zero-order chi connectivity index (χ0) is 20.4. The van der Waals surface area contributed by atoms with Crippen molar-refractivity contribution in [3.63, 3.8) is 0 Å². The maximum Gasteiger partial charge on any atom is 0.339 e. The lowest BCUT2D eigenvalue weighted by atomic mass is 9.93. The lowest BCUT2D eigenvalue weighted by Crippen LogP contribution is -2.49. The molecule has 0 radical (unpaired) electrons. The highest BCUT2D eigenvalue weighted by molar-refractivity contribution is 7.89. The molecule has 2 rings (SSSR count). The number of sulfonamides is 1. The van der Waals surface area contributed by atoms with E-state index in [9.17, 15) is 18.0 Å². The number of nitrogens with one attached hydrogen (secondary N) is 1. The van der Waals surface area contributed by atoms with Crippen LogP contribution in [0.5, 0.6) is 5.75 Å². The Morgan fingerprint density at radius 3 is 2.30 bits per heavy atom. The average molecular weight is 398 g/mol. The lowest BCUT2D eigenvalue weighted by Gasteiger charge is -2.35. The molecule has 1 aliphatic heterocycles. The Labute approximate surface area is 159 Å². The molecule has 1 heterocycles. The molecule has 1 amide bonds. The summed E-state index contributed by atoms with van der Waals surface area (Å²) in [6.07, 6.45) is 1.04. The normalized spacial score (nSPS) is 16.2. The van der Waals surface area contributed by atoms with Crippen LogP contribution in [0.25, 0.3) is 0 Å². The number of carboxylic acid groups (broad SMARTS) is 1. The first kappa shape index (κ1) is 21.2. The van der Waals surface area contributed by atoms with Crippen LogP contribution in [0.15, 0.2) is 23.1 Å². The number of rotatable bonds is 5. The molecule has 0 bridgehead atoms. The summed E-state index contributed by atoms with van der Waals surface area (Å²) < 4.78 is 32.9. The van der Waals surface area contributed by atoms with Gasteiger partial charge in [-0.05, 0) is 25.0 Å². The number of hydrogen-bond donors (Lipinski definition) is 2. The van der Waals surface area contributed by atoms with Crippen LogP contribution >= 0.6 is 0 Å². The highest BCUT2D eigenvalue weighted by Crippen LogP contribution is 2.25. The fourth-order valence-corrected chi connectivity index (χ4v) is 4.30. The Kier molecular flexibility index (Phi) is 6.16. The second-order valence-corrected chi connectivity index (χ2v) is 9.32. The molecule has 1 aromatic rings. The van der Waals surface area contributed by atoms with E-state index in [0.29, 0.717) is 25.9 Å². The van der Waals surface area contributed by atoms with Crippen LogP contribution < -0.4 is 9.46 Å². The van der Waals surface area contributed by atoms with Gasteiger partial charge in [-0.1, -0.05) is 20.8 Å². The number of amides is 1. The first-order valence-corrected chi connectivity index (χ1v) is 10.2. The zero-order valence-corrected chi connectivity index (χ0v) is 16.8. The van der Waals surface area contributed by atoms with Gasteiger partial charge >= 0.3 is 5.97 Å². The van der Waals surface area contributed by atoms with Gasteiger partial charge < -0.3 is 14.7 Å². The maximum absolute atomic E-state index is 12.6. The number of ether oxygens (including phenoxy) is 1. The van der Waals surface area contributed by atoms with E-state index in [1.165, 1.54) is 25.3 Å². The van der Waals surface area contributed by atoms with E-state index in [1.54, 1.807) is 4.90 Å². The van der Waals surface area contributed by atoms with E-state index in [0.717, 1.165) is 0 Å². The van der Waals surface area contributed by atoms with E-state index in [2.05, 4.69) is 4.72 Å². The zero-order valence-electron chi connectivity index (χ0n) is 16.0. The fourth-order valence-electron chi connectivity index (χ4n) is 2.98. The molecule has 1 fully saturated rings. The van der Waals surface area contributed by atoms with E-state index in [4.69, 9.17) is 9.84 Å². The van der Waals surface area contributed by atoms with Crippen LogP contribution in [0.3, 0.4) is 0 Å². The molecule has 0 atom stereocenters. The third-order valence-electron chi connectivity index (χ3n) is 4.46. The smallest absolute Gasteiger partial charge is 0.339 e. The van der Waals surface area contributed by atoms with Gasteiger partial charge in [-0.3, -0.25) is 4.79 Å². The van der Waals surface area contributed by atoms with Crippen LogP contribution in [-0.4, -0.2) is 56.5 Å². The molecule has 1 saturated heterocycles. The number of carboxylic acids is 1. The number of carbonyl (C=O) groups is 2. The predicted octanol–water partition coefficient (Wildman–Crippen LogP) is 1.71. The van der Waals surface area contributed by atoms with Gasteiger partial charge in [0.1, 0.15) is 11.3 Å². The largest absolute Gasteiger partial charge is 0.496 e. The summed E-state index contributed by atoms with van der Waals surface area (Å²) in [7, 11) is -2.54. The highest BCUT2D eigenvalue weighted by Gasteiger charge is 2.32. The first-order chi connectivity index (χ1) is 12.5. The van der Waals surface area contributed by atoms with Crippen molar-refractivity contribution >= 4 is 21.9 Å². The van der Waals surface area contributed by atoms with E-state index >= 15 is 0 Å². The van der Waals surface area contributed by atoms with Gasteiger partial charge in [0.15, 0.2) is 0 Å². The van der Waals surface area contributed by atoms with Crippen LogP contribution in [0.1, 0.15) is 44.0 Å². The van der Waals surface area contributed by atoms with Crippen molar-refractivity contribution in [3.05, 3.63) is 23.8 Å². The molecule has 27 heavy (non-hydrogen) atoms. The minimum Gasteiger partial charge on any atom is -0.496 e. The predicted molar refractivity (Wildman–Crippen MR) is 99.3 cm³/mol. The number of hydrogen-bond acceptors (Lipinski definition) is 5. The van der Waals surface area contributed by atoms with E-state index in [1.807, 2.05) is 20.8 Å². The summed E-state index contributed by atoms with van der Waals surface area (Å²) >= 11 is 0. The van der Waals surface area contributed by atoms with E-state index < -0.39 is 21.4 Å². The number of likely N-dealkylation sites (tertiary alicyclic amines) is 1. The van der Waals surface area contributed by atoms with Gasteiger partial charge in [0.2, 0.25) is 15.9 Å². The molecule has 0 aliphatic carbocycles. The Balaban J connectivity index is 2.08. The van der Waals surface area contributed by atoms with E-state index in [-0.39, 0.29) is 28.2 Å². The van der Waals surface area contributed by atoms with Gasteiger partial charge in [-0.15, -0.1) is 0 Å². The third-order valence-corrected chi connectivity index (χ3v) is 5.98. The lowest BCUT2D eigenvalue weighted by molar-refractivity contribution is -0.140. The van der Waals surface area contributed by atoms with Crippen molar-refractivity contribution in [1.82, 2.24) is 9.62 Å². The van der Waals surface area contributed by atoms with Crippen molar-refractivity contribution in [2.24, 2.45) is 5.41 Å². The van der Waals surface area contributed by atoms with Crippen molar-refractivity contribution in [2.45, 2.75) is 44.6 Å². The Morgan fingerprint density at radius 2 is 1.81 bits per heavy atom. The maximum atomic E-state index is 12.6. The number of piperidine rings is 1. The van der Waals surface area contributed by atoms with Crippen molar-refractivity contribution < 1.29 is 27.9 Å². The molecule has 2 N–H and O–H groups in total. The van der Waals surface area contributed by atoms with Crippen molar-refractivity contribution in [1.29, 1.82) is 0 Å². The molecule has 0 spiro atoms. The minimum absolute atomic E-state index is 0.0176. The molecule has 1 aromatic carbocycles. The third kappa shape index (κ3) is 4.98. The number of methoxy groups -OCH3 is 1. The number of carbonyl (C=O) groups excluding carboxylic acids is 1. The second kappa shape index (κ2) is 7.85. The SMILES string of the molecule is COc1cc(S(=O)(=O)NC2CCN(C(=O)C(C)(C)C)CC2)ccc1C(=O)O. The van der Waals surface area contributed by atoms with Crippen LogP contribution in [-0.2, 0) is 14.8 Å². The Bertz CT molecular complexity index is 821. The molecule has 9 heteroatoms. The van der Waals surface area contributed by atoms with Gasteiger partial charge in [0, 0.05) is 30.6 Å². The standard InChI is InChI=1S/C18H26N2O6S/c1-18(2,3)17(23)20-9-7-12(8-10-20)19-27(24,25)13-5-6-14(16(21)22)15(11-13)26-4/h5-6,11-12,19H,7-10H2,1-4H3,(H,21,22). The monoisotopic (exact) mass is 398 g/mol. The van der Waals surface area contributed by atoms with Gasteiger partial charge in [-0.2, -0.15) is 0 Å². The molecule has 0 aromatic heterocycles. The van der Waals surface area contributed by atoms with Crippen molar-refractivity contribution in [2.75, 3.05) is 20.2 Å². The molecule has 1 aliphatic rings. The summed E-state index contributed by atoms with van der Waals surface area (Å²) in [6.45, 7) is 6.56. The van der Waals surface area contributed by atoms with Crippen LogP contribution in [0.4, 0.5) is 0 Å². The van der Waals surface area contributed by atoms with Crippen LogP contribution in [0, 0.1) is 5.41 Å². The molecule has 0 saturated carbocycles. The summed E-state index contributed by atoms with van der Waals surface area (Å²) in [4.78, 5) is 25.2. The fraction of sp³-hybridized carbons (Fsp3) is 0.556. The minimum atomic E-state index is -3.83. The highest BCUT2D eigenvalue weighted by atomic mass is 32.2. The molecular weight excluding hydrogens is 372 g/mol. The molecular formula is C18H26N2O6S. The Morgan fingerprint density at radius 1 is 1.22 bits per heavy atom. The summed E-state index contributed by atoms with van der Waals surface area (Å²) in [5.74, 6) is -1.16. The number of nitrogens with zero attached hydrogens (tertiary/aromatic N) is 1. The summed E-state index contributed by atoms with van der Waals surface area (Å²) in [6, 6.07) is 3.36. The average Bonchev–Trinajstić information content (AvgIpc) is 2.60. The molecule has 150 valence electrons. The molecule has 0 unspecified atom stereocenters. The van der Waals surface area contributed by atoms with Crippen molar-refractivity contribution in [3.8, 4) is 5.75 Å². The number of benzene rings is 1. The van der Waals surface area contributed by atoms with Gasteiger partial charge in [0.25, 0.3) is 0 Å². The van der Waals surface area contributed by atoms with Gasteiger partial charge in [0.05, 0.1) is 12.0 Å². The second-order valence-electron chi connectivity index (χ2n) is 7.61. The van der Waals surface area contributed by atoms with Crippen LogP contribution in [0.2, 0.25) is 0 Å². The quantitative estimate of drug-likeness (QED) is 0.781. The first-order valence-electron chi connectivity index (χ1n) is 8.69. The Hall–Kier alpha value is -2.13.